The first-order valence-electron chi connectivity index (χ1n) is 19.2. The predicted octanol–water partition coefficient (Wildman–Crippen LogP) is 13.5. The van der Waals surface area contributed by atoms with E-state index in [1.165, 1.54) is 0 Å². The van der Waals surface area contributed by atoms with Crippen molar-refractivity contribution in [3.8, 4) is 0 Å². The molecule has 0 spiro atoms. The molecule has 8 nitrogen and oxygen atoms in total. The molecule has 0 N–H and O–H groups in total. The van der Waals surface area contributed by atoms with Crippen molar-refractivity contribution in [2.24, 2.45) is 0 Å². The summed E-state index contributed by atoms with van der Waals surface area (Å²) >= 11 is 12.3. The van der Waals surface area contributed by atoms with Crippen molar-refractivity contribution in [3.05, 3.63) is 62.6 Å². The van der Waals surface area contributed by atoms with Crippen LogP contribution in [0.25, 0.3) is 64.6 Å². The standard InChI is InChI=1S/C44H40Br2I2O8/c1-5-9-13-53-41(49)25-17-21-31-34-24(39(47)37(21)45)20-28(44(52)56-16-12-8-4)30-26(42(50)54-14-10-6-2)18-22-32(36(30)34)33-23(40(48)38(22)46)19-27(29(25)35(31)33)43(51)55-15-11-7-3/h17-20H,5-16H2,1-4H3. The monoisotopic (exact) mass is 1110 g/mol. The number of rotatable bonds is 16. The zero-order valence-corrected chi connectivity index (χ0v) is 39.1. The van der Waals surface area contributed by atoms with Gasteiger partial charge in [-0.05, 0) is 170 Å². The summed E-state index contributed by atoms with van der Waals surface area (Å²) in [5.74, 6) is -2.11. The average Bonchev–Trinajstić information content (AvgIpc) is 3.19. The predicted molar refractivity (Wildman–Crippen MR) is 247 cm³/mol. The average molecular weight is 1110 g/mol. The van der Waals surface area contributed by atoms with E-state index in [4.69, 9.17) is 18.9 Å². The maximum atomic E-state index is 14.2. The Labute approximate surface area is 368 Å². The minimum absolute atomic E-state index is 0.238. The molecule has 0 unspecified atom stereocenters. The summed E-state index contributed by atoms with van der Waals surface area (Å²) in [7, 11) is 0. The molecule has 0 aliphatic heterocycles. The molecule has 0 radical (unpaired) electrons. The van der Waals surface area contributed by atoms with Crippen molar-refractivity contribution in [2.45, 2.75) is 79.1 Å². The van der Waals surface area contributed by atoms with Crippen LogP contribution in [-0.2, 0) is 18.9 Å². The zero-order chi connectivity index (χ0) is 40.0. The number of esters is 4. The number of halogens is 4. The highest BCUT2D eigenvalue weighted by Gasteiger charge is 2.34. The third-order valence-corrected chi connectivity index (χ3v) is 15.8. The highest BCUT2D eigenvalue weighted by atomic mass is 127. The van der Waals surface area contributed by atoms with Crippen molar-refractivity contribution >= 4 is 166 Å². The molecule has 0 saturated carbocycles. The number of ether oxygens (including phenoxy) is 4. The molecule has 12 heteroatoms. The van der Waals surface area contributed by atoms with Crippen molar-refractivity contribution < 1.29 is 38.1 Å². The Bertz CT molecular complexity index is 2320. The van der Waals surface area contributed by atoms with Gasteiger partial charge in [0, 0.05) is 37.6 Å². The number of carbonyl (C=O) groups excluding carboxylic acids is 4. The number of benzene rings is 7. The Morgan fingerprint density at radius 2 is 0.679 bits per heavy atom. The number of hydrogen-bond donors (Lipinski definition) is 0. The van der Waals surface area contributed by atoms with Crippen LogP contribution in [-0.4, -0.2) is 50.3 Å². The van der Waals surface area contributed by atoms with Gasteiger partial charge in [-0.1, -0.05) is 53.4 Å². The molecule has 0 aliphatic rings. The van der Waals surface area contributed by atoms with Gasteiger partial charge >= 0.3 is 23.9 Å². The van der Waals surface area contributed by atoms with Crippen molar-refractivity contribution in [2.75, 3.05) is 26.4 Å². The normalized spacial score (nSPS) is 12.0. The second-order valence-corrected chi connectivity index (χ2v) is 17.8. The summed E-state index contributed by atoms with van der Waals surface area (Å²) in [6.45, 7) is 9.07. The van der Waals surface area contributed by atoms with Gasteiger partial charge in [-0.25, -0.2) is 19.2 Å². The summed E-state index contributed by atoms with van der Waals surface area (Å²) in [5, 5.41) is 8.52. The van der Waals surface area contributed by atoms with Crippen LogP contribution in [0.15, 0.2) is 33.2 Å². The molecule has 0 amide bonds. The highest BCUT2D eigenvalue weighted by molar-refractivity contribution is 14.1. The first-order valence-corrected chi connectivity index (χ1v) is 22.9. The van der Waals surface area contributed by atoms with Crippen LogP contribution < -0.4 is 0 Å². The summed E-state index contributed by atoms with van der Waals surface area (Å²) in [6, 6.07) is 7.25. The molecular weight excluding hydrogens is 1070 g/mol. The number of unbranched alkanes of at least 4 members (excludes halogenated alkanes) is 4. The Hall–Kier alpha value is -2.82. The fourth-order valence-electron chi connectivity index (χ4n) is 7.67. The van der Waals surface area contributed by atoms with Gasteiger partial charge in [-0.2, -0.15) is 0 Å². The Morgan fingerprint density at radius 1 is 0.429 bits per heavy atom. The van der Waals surface area contributed by atoms with E-state index in [0.29, 0.717) is 47.2 Å². The van der Waals surface area contributed by atoms with E-state index in [9.17, 15) is 19.2 Å². The first-order chi connectivity index (χ1) is 27.0. The van der Waals surface area contributed by atoms with Gasteiger partial charge in [0.05, 0.1) is 48.7 Å². The van der Waals surface area contributed by atoms with E-state index in [1.807, 2.05) is 39.8 Å². The fraction of sp³-hybridized carbons (Fsp3) is 0.364. The summed E-state index contributed by atoms with van der Waals surface area (Å²) in [5.41, 5.74) is 1.07. The van der Waals surface area contributed by atoms with E-state index in [0.717, 1.165) is 84.9 Å². The zero-order valence-electron chi connectivity index (χ0n) is 31.6. The van der Waals surface area contributed by atoms with Crippen LogP contribution in [0.5, 0.6) is 0 Å². The van der Waals surface area contributed by atoms with Gasteiger partial charge in [0.15, 0.2) is 0 Å². The van der Waals surface area contributed by atoms with Gasteiger partial charge in [-0.15, -0.1) is 0 Å². The number of carbonyl (C=O) groups is 4. The van der Waals surface area contributed by atoms with Gasteiger partial charge in [0.2, 0.25) is 0 Å². The highest BCUT2D eigenvalue weighted by Crippen LogP contribution is 2.55. The quantitative estimate of drug-likeness (QED) is 0.0235. The van der Waals surface area contributed by atoms with Crippen LogP contribution in [0.2, 0.25) is 0 Å². The molecular formula is C44H40Br2I2O8. The summed E-state index contributed by atoms with van der Waals surface area (Å²) < 4.78 is 26.5. The van der Waals surface area contributed by atoms with E-state index < -0.39 is 23.9 Å². The Morgan fingerprint density at radius 3 is 0.946 bits per heavy atom. The lowest BCUT2D eigenvalue weighted by atomic mass is 9.78. The van der Waals surface area contributed by atoms with Gasteiger partial charge in [-0.3, -0.25) is 0 Å². The molecule has 56 heavy (non-hydrogen) atoms. The van der Waals surface area contributed by atoms with E-state index in [2.05, 4.69) is 77.0 Å². The molecule has 0 heterocycles. The second-order valence-electron chi connectivity index (χ2n) is 14.1. The lowest BCUT2D eigenvalue weighted by Gasteiger charge is -2.27. The van der Waals surface area contributed by atoms with E-state index in [-0.39, 0.29) is 48.7 Å². The van der Waals surface area contributed by atoms with Crippen LogP contribution in [0.3, 0.4) is 0 Å². The van der Waals surface area contributed by atoms with Gasteiger partial charge in [0.1, 0.15) is 0 Å². The maximum absolute atomic E-state index is 14.2. The minimum Gasteiger partial charge on any atom is -0.462 e. The van der Waals surface area contributed by atoms with Crippen LogP contribution >= 0.6 is 77.0 Å². The largest absolute Gasteiger partial charge is 0.462 e. The molecule has 7 rings (SSSR count). The number of hydrogen-bond acceptors (Lipinski definition) is 8. The van der Waals surface area contributed by atoms with Crippen LogP contribution in [0.1, 0.15) is 120 Å². The molecule has 0 aromatic heterocycles. The first kappa shape index (κ1) is 41.3. The molecule has 292 valence electrons. The molecule has 7 aromatic carbocycles. The Balaban J connectivity index is 1.74. The SMILES string of the molecule is CCCCOC(=O)c1cc2c(Br)c(I)c3cc(C(=O)OCCCC)c4c(C(=O)OCCCC)cc5c(Br)c(I)c6cc(C(=O)OCCCC)c1c1c2c3c4c5c61. The summed E-state index contributed by atoms with van der Waals surface area (Å²) in [6.07, 6.45) is 6.19. The van der Waals surface area contributed by atoms with Gasteiger partial charge < -0.3 is 18.9 Å². The Kier molecular flexibility index (Phi) is 12.7. The van der Waals surface area contributed by atoms with Crippen LogP contribution in [0.4, 0.5) is 0 Å². The maximum Gasteiger partial charge on any atom is 0.338 e. The molecule has 0 atom stereocenters. The molecule has 7 aromatic rings. The lowest BCUT2D eigenvalue weighted by Crippen LogP contribution is -2.15. The smallest absolute Gasteiger partial charge is 0.338 e. The fourth-order valence-corrected chi connectivity index (χ4v) is 10.2. The summed E-state index contributed by atoms with van der Waals surface area (Å²) in [4.78, 5) is 56.9. The molecule has 0 bridgehead atoms. The second kappa shape index (κ2) is 17.2. The van der Waals surface area contributed by atoms with E-state index in [1.54, 1.807) is 12.1 Å². The molecule has 0 aliphatic carbocycles. The van der Waals surface area contributed by atoms with Crippen LogP contribution in [0, 0.1) is 7.14 Å². The van der Waals surface area contributed by atoms with Crippen molar-refractivity contribution in [1.29, 1.82) is 0 Å². The lowest BCUT2D eigenvalue weighted by molar-refractivity contribution is 0.0485. The van der Waals surface area contributed by atoms with Crippen molar-refractivity contribution in [1.82, 2.24) is 0 Å². The van der Waals surface area contributed by atoms with Crippen molar-refractivity contribution in [3.63, 3.8) is 0 Å². The molecule has 0 saturated heterocycles. The minimum atomic E-state index is -0.529. The topological polar surface area (TPSA) is 105 Å². The third-order valence-electron chi connectivity index (χ3n) is 10.4. The van der Waals surface area contributed by atoms with E-state index >= 15 is 0 Å². The molecule has 0 fully saturated rings. The third kappa shape index (κ3) is 6.85. The van der Waals surface area contributed by atoms with Gasteiger partial charge in [0.25, 0.3) is 0 Å².